The monoisotopic (exact) mass is 383 g/mol. The summed E-state index contributed by atoms with van der Waals surface area (Å²) in [5.74, 6) is 1.08. The van der Waals surface area contributed by atoms with Gasteiger partial charge in [0.15, 0.2) is 5.82 Å². The number of aryl methyl sites for hydroxylation is 3. The Kier molecular flexibility index (Phi) is 4.76. The molecule has 3 aromatic rings. The zero-order chi connectivity index (χ0) is 17.1. The van der Waals surface area contributed by atoms with E-state index in [9.17, 15) is 0 Å². The van der Waals surface area contributed by atoms with Crippen LogP contribution in [0.5, 0.6) is 0 Å². The Balaban J connectivity index is 1.81. The molecule has 0 unspecified atom stereocenters. The molecule has 0 aliphatic rings. The third-order valence-electron chi connectivity index (χ3n) is 3.42. The van der Waals surface area contributed by atoms with E-state index in [1.54, 1.807) is 6.20 Å². The van der Waals surface area contributed by atoms with Gasteiger partial charge in [-0.15, -0.1) is 5.10 Å². The van der Waals surface area contributed by atoms with Gasteiger partial charge in [-0.05, 0) is 77.7 Å². The Bertz CT molecular complexity index is 859. The minimum Gasteiger partial charge on any atom is -0.338 e. The average molecular weight is 384 g/mol. The van der Waals surface area contributed by atoms with Gasteiger partial charge >= 0.3 is 0 Å². The third kappa shape index (κ3) is 4.08. The number of nitrogens with zero attached hydrogens (tertiary/aromatic N) is 3. The van der Waals surface area contributed by atoms with Gasteiger partial charge in [-0.3, -0.25) is 0 Å². The molecular formula is C18H18BrN5. The first-order valence-corrected chi connectivity index (χ1v) is 8.37. The minimum atomic E-state index is 0.452. The molecule has 0 saturated heterocycles. The number of benzene rings is 2. The molecule has 2 N–H and O–H groups in total. The number of nitrogens with one attached hydrogen (secondary N) is 2. The van der Waals surface area contributed by atoms with Crippen molar-refractivity contribution in [3.05, 3.63) is 63.8 Å². The molecule has 5 nitrogen and oxygen atoms in total. The topological polar surface area (TPSA) is 62.7 Å². The highest BCUT2D eigenvalue weighted by atomic mass is 79.9. The van der Waals surface area contributed by atoms with Crippen molar-refractivity contribution in [2.45, 2.75) is 20.8 Å². The van der Waals surface area contributed by atoms with E-state index in [0.717, 1.165) is 15.8 Å². The van der Waals surface area contributed by atoms with Crippen LogP contribution in [0.2, 0.25) is 0 Å². The van der Waals surface area contributed by atoms with Crippen LogP contribution in [0.3, 0.4) is 0 Å². The minimum absolute atomic E-state index is 0.452. The predicted octanol–water partition coefficient (Wildman–Crippen LogP) is 5.05. The smallest absolute Gasteiger partial charge is 0.249 e. The van der Waals surface area contributed by atoms with E-state index in [0.29, 0.717) is 11.8 Å². The van der Waals surface area contributed by atoms with E-state index < -0.39 is 0 Å². The molecular weight excluding hydrogens is 366 g/mol. The quantitative estimate of drug-likeness (QED) is 0.659. The molecule has 0 amide bonds. The van der Waals surface area contributed by atoms with Gasteiger partial charge in [-0.1, -0.05) is 12.1 Å². The molecule has 2 aromatic carbocycles. The Morgan fingerprint density at radius 3 is 2.33 bits per heavy atom. The molecule has 0 spiro atoms. The molecule has 122 valence electrons. The maximum atomic E-state index is 4.47. The van der Waals surface area contributed by atoms with Crippen molar-refractivity contribution in [1.29, 1.82) is 0 Å². The van der Waals surface area contributed by atoms with Crippen LogP contribution in [-0.2, 0) is 0 Å². The van der Waals surface area contributed by atoms with Crippen LogP contribution < -0.4 is 10.6 Å². The van der Waals surface area contributed by atoms with Crippen LogP contribution in [0.25, 0.3) is 0 Å². The van der Waals surface area contributed by atoms with Crippen LogP contribution >= 0.6 is 15.9 Å². The maximum absolute atomic E-state index is 4.47. The Morgan fingerprint density at radius 2 is 1.62 bits per heavy atom. The predicted molar refractivity (Wildman–Crippen MR) is 101 cm³/mol. The summed E-state index contributed by atoms with van der Waals surface area (Å²) in [6.07, 6.45) is 1.60. The number of anilines is 4. The van der Waals surface area contributed by atoms with Gasteiger partial charge in [0, 0.05) is 10.2 Å². The van der Waals surface area contributed by atoms with Gasteiger partial charge < -0.3 is 10.6 Å². The molecule has 3 rings (SSSR count). The summed E-state index contributed by atoms with van der Waals surface area (Å²) in [6, 6.07) is 12.3. The number of rotatable bonds is 4. The maximum Gasteiger partial charge on any atom is 0.249 e. The molecule has 1 heterocycles. The van der Waals surface area contributed by atoms with Gasteiger partial charge in [0.2, 0.25) is 5.95 Å². The first-order chi connectivity index (χ1) is 11.5. The zero-order valence-corrected chi connectivity index (χ0v) is 15.3. The van der Waals surface area contributed by atoms with E-state index in [-0.39, 0.29) is 0 Å². The Labute approximate surface area is 149 Å². The van der Waals surface area contributed by atoms with E-state index in [1.807, 2.05) is 37.3 Å². The van der Waals surface area contributed by atoms with Gasteiger partial charge in [0.05, 0.1) is 11.9 Å². The average Bonchev–Trinajstić information content (AvgIpc) is 2.49. The molecule has 0 radical (unpaired) electrons. The molecule has 0 aliphatic heterocycles. The van der Waals surface area contributed by atoms with Crippen molar-refractivity contribution < 1.29 is 0 Å². The van der Waals surface area contributed by atoms with Crippen molar-refractivity contribution in [1.82, 2.24) is 15.2 Å². The van der Waals surface area contributed by atoms with Crippen molar-refractivity contribution >= 4 is 39.1 Å². The van der Waals surface area contributed by atoms with E-state index >= 15 is 0 Å². The van der Waals surface area contributed by atoms with E-state index in [4.69, 9.17) is 0 Å². The SMILES string of the molecule is Cc1cc(C)cc(Nc2nncc(Nc3ccc(C)cc3Br)n2)c1. The molecule has 24 heavy (non-hydrogen) atoms. The summed E-state index contributed by atoms with van der Waals surface area (Å²) in [4.78, 5) is 4.47. The largest absolute Gasteiger partial charge is 0.338 e. The number of hydrogen-bond donors (Lipinski definition) is 2. The standard InChI is InChI=1S/C18H18BrN5/c1-11-4-5-16(15(19)9-11)22-17-10-20-24-18(23-17)21-14-7-12(2)6-13(3)8-14/h4-10H,1-3H3,(H2,21,22,23,24). The second-order valence-electron chi connectivity index (χ2n) is 5.77. The highest BCUT2D eigenvalue weighted by molar-refractivity contribution is 9.10. The Hall–Kier alpha value is -2.47. The summed E-state index contributed by atoms with van der Waals surface area (Å²) in [6.45, 7) is 6.17. The van der Waals surface area contributed by atoms with Crippen LogP contribution in [0.15, 0.2) is 47.1 Å². The van der Waals surface area contributed by atoms with Crippen LogP contribution in [0, 0.1) is 20.8 Å². The summed E-state index contributed by atoms with van der Waals surface area (Å²) < 4.78 is 0.977. The highest BCUT2D eigenvalue weighted by Gasteiger charge is 2.05. The lowest BCUT2D eigenvalue weighted by atomic mass is 10.1. The van der Waals surface area contributed by atoms with Gasteiger partial charge in [0.25, 0.3) is 0 Å². The fourth-order valence-electron chi connectivity index (χ4n) is 2.45. The van der Waals surface area contributed by atoms with E-state index in [2.05, 4.69) is 61.7 Å². The Morgan fingerprint density at radius 1 is 0.875 bits per heavy atom. The molecule has 0 aliphatic carbocycles. The van der Waals surface area contributed by atoms with Crippen LogP contribution in [0.1, 0.15) is 16.7 Å². The summed E-state index contributed by atoms with van der Waals surface area (Å²) in [7, 11) is 0. The molecule has 0 saturated carbocycles. The molecule has 0 atom stereocenters. The zero-order valence-electron chi connectivity index (χ0n) is 13.8. The lowest BCUT2D eigenvalue weighted by Gasteiger charge is -2.10. The molecule has 0 bridgehead atoms. The van der Waals surface area contributed by atoms with Crippen molar-refractivity contribution in [3.8, 4) is 0 Å². The lowest BCUT2D eigenvalue weighted by Crippen LogP contribution is -2.03. The number of halogens is 1. The summed E-state index contributed by atoms with van der Waals surface area (Å²) >= 11 is 3.55. The molecule has 6 heteroatoms. The van der Waals surface area contributed by atoms with Crippen molar-refractivity contribution in [3.63, 3.8) is 0 Å². The van der Waals surface area contributed by atoms with E-state index in [1.165, 1.54) is 16.7 Å². The van der Waals surface area contributed by atoms with Crippen LogP contribution in [-0.4, -0.2) is 15.2 Å². The molecule has 1 aromatic heterocycles. The normalized spacial score (nSPS) is 10.5. The summed E-state index contributed by atoms with van der Waals surface area (Å²) in [5.41, 5.74) is 5.43. The van der Waals surface area contributed by atoms with Crippen LogP contribution in [0.4, 0.5) is 23.1 Å². The van der Waals surface area contributed by atoms with Gasteiger partial charge in [0.1, 0.15) is 0 Å². The summed E-state index contributed by atoms with van der Waals surface area (Å²) in [5, 5.41) is 14.5. The van der Waals surface area contributed by atoms with Gasteiger partial charge in [-0.25, -0.2) is 0 Å². The third-order valence-corrected chi connectivity index (χ3v) is 4.08. The van der Waals surface area contributed by atoms with Gasteiger partial charge in [-0.2, -0.15) is 10.1 Å². The highest BCUT2D eigenvalue weighted by Crippen LogP contribution is 2.26. The second-order valence-corrected chi connectivity index (χ2v) is 6.63. The number of aromatic nitrogens is 3. The van der Waals surface area contributed by atoms with Crippen molar-refractivity contribution in [2.75, 3.05) is 10.6 Å². The molecule has 0 fully saturated rings. The van der Waals surface area contributed by atoms with Crippen molar-refractivity contribution in [2.24, 2.45) is 0 Å². The second kappa shape index (κ2) is 6.97. The fourth-order valence-corrected chi connectivity index (χ4v) is 3.04. The fraction of sp³-hybridized carbons (Fsp3) is 0.167. The number of hydrogen-bond acceptors (Lipinski definition) is 5. The first-order valence-electron chi connectivity index (χ1n) is 7.58. The first kappa shape index (κ1) is 16.4. The lowest BCUT2D eigenvalue weighted by molar-refractivity contribution is 0.982.